The van der Waals surface area contributed by atoms with E-state index in [2.05, 4.69) is 36.1 Å². The van der Waals surface area contributed by atoms with E-state index in [-0.39, 0.29) is 0 Å². The lowest BCUT2D eigenvalue weighted by Gasteiger charge is -2.36. The van der Waals surface area contributed by atoms with Crippen molar-refractivity contribution in [1.29, 1.82) is 0 Å². The first-order valence-corrected chi connectivity index (χ1v) is 6.75. The zero-order valence-corrected chi connectivity index (χ0v) is 11.6. The lowest BCUT2D eigenvalue weighted by molar-refractivity contribution is 0.191. The van der Waals surface area contributed by atoms with Crippen molar-refractivity contribution < 1.29 is 0 Å². The van der Waals surface area contributed by atoms with Gasteiger partial charge < -0.3 is 15.1 Å². The Balaban J connectivity index is 2.27. The number of likely N-dealkylation sites (tertiary alicyclic amines) is 1. The quantitative estimate of drug-likeness (QED) is 0.598. The summed E-state index contributed by atoms with van der Waals surface area (Å²) < 4.78 is 0. The molecule has 16 heavy (non-hydrogen) atoms. The number of piperidine rings is 1. The fraction of sp³-hybridized carbons (Fsp3) is 0.917. The van der Waals surface area contributed by atoms with E-state index in [0.29, 0.717) is 6.04 Å². The van der Waals surface area contributed by atoms with E-state index in [9.17, 15) is 0 Å². The van der Waals surface area contributed by atoms with E-state index in [0.717, 1.165) is 11.7 Å². The maximum Gasteiger partial charge on any atom is 0.168 e. The summed E-state index contributed by atoms with van der Waals surface area (Å²) >= 11 is 5.40. The molecule has 0 aromatic rings. The molecule has 0 aromatic carbocycles. The van der Waals surface area contributed by atoms with Gasteiger partial charge >= 0.3 is 0 Å². The normalized spacial score (nSPS) is 18.4. The van der Waals surface area contributed by atoms with Crippen LogP contribution in [0.4, 0.5) is 0 Å². The third kappa shape index (κ3) is 4.26. The van der Waals surface area contributed by atoms with Crippen molar-refractivity contribution in [3.63, 3.8) is 0 Å². The molecule has 1 aliphatic heterocycles. The maximum absolute atomic E-state index is 5.40. The van der Waals surface area contributed by atoms with Gasteiger partial charge in [0, 0.05) is 19.6 Å². The molecule has 94 valence electrons. The van der Waals surface area contributed by atoms with Crippen LogP contribution in [-0.4, -0.2) is 54.7 Å². The fourth-order valence-corrected chi connectivity index (χ4v) is 2.30. The predicted molar refractivity (Wildman–Crippen MR) is 73.8 cm³/mol. The Morgan fingerprint density at radius 2 is 2.06 bits per heavy atom. The van der Waals surface area contributed by atoms with Gasteiger partial charge in [-0.2, -0.15) is 0 Å². The minimum absolute atomic E-state index is 0.623. The number of rotatable bonds is 4. The highest BCUT2D eigenvalue weighted by atomic mass is 32.1. The Kier molecular flexibility index (Phi) is 6.06. The van der Waals surface area contributed by atoms with Crippen LogP contribution in [-0.2, 0) is 0 Å². The van der Waals surface area contributed by atoms with E-state index in [4.69, 9.17) is 12.2 Å². The highest BCUT2D eigenvalue weighted by Gasteiger charge is 2.21. The van der Waals surface area contributed by atoms with E-state index in [1.165, 1.54) is 38.8 Å². The van der Waals surface area contributed by atoms with Crippen LogP contribution in [0.1, 0.15) is 32.6 Å². The Morgan fingerprint density at radius 1 is 1.44 bits per heavy atom. The van der Waals surface area contributed by atoms with Gasteiger partial charge in [0.25, 0.3) is 0 Å². The summed E-state index contributed by atoms with van der Waals surface area (Å²) in [6.45, 7) is 5.58. The Bertz CT molecular complexity index is 212. The standard InChI is InChI=1S/C12H25N3S/c1-4-5-8-13-12(16)15(3)11-6-9-14(2)10-7-11/h11H,4-10H2,1-3H3,(H,13,16). The molecule has 1 heterocycles. The molecule has 0 aromatic heterocycles. The third-order valence-electron chi connectivity index (χ3n) is 3.36. The molecule has 0 amide bonds. The molecule has 0 aliphatic carbocycles. The second-order valence-corrected chi connectivity index (χ2v) is 5.12. The first-order valence-electron chi connectivity index (χ1n) is 6.34. The number of unbranched alkanes of at least 4 members (excludes halogenated alkanes) is 1. The van der Waals surface area contributed by atoms with Crippen LogP contribution in [0.5, 0.6) is 0 Å². The fourth-order valence-electron chi connectivity index (χ4n) is 2.04. The smallest absolute Gasteiger partial charge is 0.168 e. The monoisotopic (exact) mass is 243 g/mol. The van der Waals surface area contributed by atoms with Gasteiger partial charge in [-0.25, -0.2) is 0 Å². The second-order valence-electron chi connectivity index (χ2n) is 4.73. The van der Waals surface area contributed by atoms with Crippen molar-refractivity contribution >= 4 is 17.3 Å². The van der Waals surface area contributed by atoms with Gasteiger partial charge in [0.1, 0.15) is 0 Å². The molecule has 0 atom stereocenters. The number of hydrogen-bond acceptors (Lipinski definition) is 2. The average Bonchev–Trinajstić information content (AvgIpc) is 2.29. The highest BCUT2D eigenvalue weighted by Crippen LogP contribution is 2.14. The van der Waals surface area contributed by atoms with E-state index < -0.39 is 0 Å². The third-order valence-corrected chi connectivity index (χ3v) is 3.80. The zero-order valence-electron chi connectivity index (χ0n) is 10.8. The van der Waals surface area contributed by atoms with Crippen LogP contribution in [0.15, 0.2) is 0 Å². The molecule has 0 unspecified atom stereocenters. The summed E-state index contributed by atoms with van der Waals surface area (Å²) in [4.78, 5) is 4.63. The van der Waals surface area contributed by atoms with Gasteiger partial charge in [0.2, 0.25) is 0 Å². The lowest BCUT2D eigenvalue weighted by Crippen LogP contribution is -2.48. The topological polar surface area (TPSA) is 18.5 Å². The van der Waals surface area contributed by atoms with Crippen LogP contribution in [0.3, 0.4) is 0 Å². The molecule has 4 heteroatoms. The molecular weight excluding hydrogens is 218 g/mol. The average molecular weight is 243 g/mol. The molecule has 0 saturated carbocycles. The van der Waals surface area contributed by atoms with Crippen molar-refractivity contribution in [3.05, 3.63) is 0 Å². The molecule has 1 aliphatic rings. The van der Waals surface area contributed by atoms with Crippen molar-refractivity contribution in [2.45, 2.75) is 38.6 Å². The Hall–Kier alpha value is -0.350. The molecule has 1 rings (SSSR count). The van der Waals surface area contributed by atoms with Crippen LogP contribution in [0, 0.1) is 0 Å². The number of nitrogens with zero attached hydrogens (tertiary/aromatic N) is 2. The summed E-state index contributed by atoms with van der Waals surface area (Å²) in [5.41, 5.74) is 0. The summed E-state index contributed by atoms with van der Waals surface area (Å²) in [5, 5.41) is 4.26. The molecule has 0 radical (unpaired) electrons. The lowest BCUT2D eigenvalue weighted by atomic mass is 10.0. The highest BCUT2D eigenvalue weighted by molar-refractivity contribution is 7.80. The summed E-state index contributed by atoms with van der Waals surface area (Å²) in [7, 11) is 4.31. The number of hydrogen-bond donors (Lipinski definition) is 1. The Morgan fingerprint density at radius 3 is 2.62 bits per heavy atom. The van der Waals surface area contributed by atoms with E-state index >= 15 is 0 Å². The largest absolute Gasteiger partial charge is 0.363 e. The van der Waals surface area contributed by atoms with Crippen LogP contribution in [0.25, 0.3) is 0 Å². The van der Waals surface area contributed by atoms with Gasteiger partial charge in [0.15, 0.2) is 5.11 Å². The van der Waals surface area contributed by atoms with E-state index in [1.807, 2.05) is 0 Å². The number of thiocarbonyl (C=S) groups is 1. The predicted octanol–water partition coefficient (Wildman–Crippen LogP) is 1.69. The summed E-state index contributed by atoms with van der Waals surface area (Å²) in [6.07, 6.45) is 4.86. The minimum atomic E-state index is 0.623. The van der Waals surface area contributed by atoms with E-state index in [1.54, 1.807) is 0 Å². The molecular formula is C12H25N3S. The van der Waals surface area contributed by atoms with Crippen molar-refractivity contribution in [3.8, 4) is 0 Å². The SMILES string of the molecule is CCCCNC(=S)N(C)C1CCN(C)CC1. The van der Waals surface area contributed by atoms with Crippen LogP contribution >= 0.6 is 12.2 Å². The van der Waals surface area contributed by atoms with Crippen molar-refractivity contribution in [2.24, 2.45) is 0 Å². The maximum atomic E-state index is 5.40. The first-order chi connectivity index (χ1) is 7.65. The second kappa shape index (κ2) is 7.07. The zero-order chi connectivity index (χ0) is 12.0. The first kappa shape index (κ1) is 13.7. The van der Waals surface area contributed by atoms with Crippen molar-refractivity contribution in [1.82, 2.24) is 15.1 Å². The molecule has 1 saturated heterocycles. The minimum Gasteiger partial charge on any atom is -0.363 e. The number of nitrogens with one attached hydrogen (secondary N) is 1. The van der Waals surface area contributed by atoms with Gasteiger partial charge in [0.05, 0.1) is 0 Å². The van der Waals surface area contributed by atoms with Gasteiger partial charge in [-0.3, -0.25) is 0 Å². The molecule has 0 spiro atoms. The molecule has 3 nitrogen and oxygen atoms in total. The van der Waals surface area contributed by atoms with Gasteiger partial charge in [-0.1, -0.05) is 13.3 Å². The van der Waals surface area contributed by atoms with Crippen LogP contribution < -0.4 is 5.32 Å². The van der Waals surface area contributed by atoms with Gasteiger partial charge in [-0.15, -0.1) is 0 Å². The molecule has 0 bridgehead atoms. The Labute approximate surface area is 105 Å². The summed E-state index contributed by atoms with van der Waals surface area (Å²) in [5.74, 6) is 0. The van der Waals surface area contributed by atoms with Crippen LogP contribution in [0.2, 0.25) is 0 Å². The molecule has 1 fully saturated rings. The van der Waals surface area contributed by atoms with Gasteiger partial charge in [-0.05, 0) is 51.6 Å². The molecule has 1 N–H and O–H groups in total. The van der Waals surface area contributed by atoms with Crippen molar-refractivity contribution in [2.75, 3.05) is 33.7 Å². The summed E-state index contributed by atoms with van der Waals surface area (Å²) in [6, 6.07) is 0.623.